The summed E-state index contributed by atoms with van der Waals surface area (Å²) in [5.41, 5.74) is 0. The molecule has 0 spiro atoms. The summed E-state index contributed by atoms with van der Waals surface area (Å²) >= 11 is 0. The van der Waals surface area contributed by atoms with Crippen molar-refractivity contribution in [2.24, 2.45) is 0 Å². The second-order valence-electron chi connectivity index (χ2n) is 9.23. The molecule has 0 aliphatic heterocycles. The van der Waals surface area contributed by atoms with Gasteiger partial charge < -0.3 is 9.79 Å². The van der Waals surface area contributed by atoms with Gasteiger partial charge in [0.2, 0.25) is 0 Å². The van der Waals surface area contributed by atoms with Crippen LogP contribution in [0, 0.1) is 0 Å². The molecule has 0 rings (SSSR count). The molecule has 0 atom stereocenters. The second kappa shape index (κ2) is 23.8. The Balaban J connectivity index is 3.03. The van der Waals surface area contributed by atoms with Crippen LogP contribution >= 0.6 is 7.75 Å². The van der Waals surface area contributed by atoms with Crippen molar-refractivity contribution in [1.82, 2.24) is 5.09 Å². The Labute approximate surface area is 188 Å². The van der Waals surface area contributed by atoms with E-state index < -0.39 is 7.75 Å². The van der Waals surface area contributed by atoms with Crippen molar-refractivity contribution in [2.75, 3.05) is 6.54 Å². The summed E-state index contributed by atoms with van der Waals surface area (Å²) in [6.07, 6.45) is 31.3. The summed E-state index contributed by atoms with van der Waals surface area (Å²) in [7, 11) is -4.01. The van der Waals surface area contributed by atoms with Crippen LogP contribution in [0.5, 0.6) is 0 Å². The molecule has 0 fully saturated rings. The van der Waals surface area contributed by atoms with Gasteiger partial charge in [-0.25, -0.2) is 9.65 Å². The van der Waals surface area contributed by atoms with Crippen LogP contribution in [0.15, 0.2) is 0 Å². The Morgan fingerprint density at radius 1 is 0.467 bits per heavy atom. The van der Waals surface area contributed by atoms with Crippen LogP contribution in [0.2, 0.25) is 0 Å². The summed E-state index contributed by atoms with van der Waals surface area (Å²) < 4.78 is 10.6. The van der Waals surface area contributed by atoms with E-state index in [0.29, 0.717) is 6.54 Å². The molecule has 3 N–H and O–H groups in total. The van der Waals surface area contributed by atoms with E-state index in [-0.39, 0.29) is 0 Å². The zero-order valence-corrected chi connectivity index (χ0v) is 21.1. The molecule has 5 heteroatoms. The molecule has 4 nitrogen and oxygen atoms in total. The van der Waals surface area contributed by atoms with Crippen LogP contribution in [-0.4, -0.2) is 16.3 Å². The average molecular weight is 448 g/mol. The monoisotopic (exact) mass is 447 g/mol. The van der Waals surface area contributed by atoms with E-state index in [0.717, 1.165) is 12.8 Å². The third-order valence-electron chi connectivity index (χ3n) is 6.10. The van der Waals surface area contributed by atoms with E-state index in [1.165, 1.54) is 135 Å². The predicted molar refractivity (Wildman–Crippen MR) is 132 cm³/mol. The molecule has 0 aromatic rings. The van der Waals surface area contributed by atoms with Crippen molar-refractivity contribution < 1.29 is 14.4 Å². The van der Waals surface area contributed by atoms with Crippen molar-refractivity contribution in [3.05, 3.63) is 0 Å². The summed E-state index contributed by atoms with van der Waals surface area (Å²) in [5, 5.41) is 2.25. The first kappa shape index (κ1) is 30.1. The van der Waals surface area contributed by atoms with Gasteiger partial charge in [-0.05, 0) is 6.42 Å². The van der Waals surface area contributed by atoms with Gasteiger partial charge in [0.05, 0.1) is 0 Å². The highest BCUT2D eigenvalue weighted by Crippen LogP contribution is 2.27. The molecule has 0 aromatic heterocycles. The second-order valence-corrected chi connectivity index (χ2v) is 10.6. The fraction of sp³-hybridized carbons (Fsp3) is 1.00. The van der Waals surface area contributed by atoms with E-state index in [4.69, 9.17) is 9.79 Å². The standard InChI is InChI=1S/C25H54NO3P/c1-2-3-4-5-6-7-8-9-10-11-12-13-14-15-16-17-18-19-20-21-22-23-24-25-26-30(27,28)29/h2-25H2,1H3,(H3,26,27,28,29). The number of hydrogen-bond acceptors (Lipinski definition) is 1. The van der Waals surface area contributed by atoms with Gasteiger partial charge in [-0.1, -0.05) is 148 Å². The van der Waals surface area contributed by atoms with Crippen LogP contribution in [0.4, 0.5) is 0 Å². The molecule has 0 aromatic carbocycles. The van der Waals surface area contributed by atoms with Crippen molar-refractivity contribution in [3.63, 3.8) is 0 Å². The highest BCUT2D eigenvalue weighted by atomic mass is 31.2. The fourth-order valence-corrected chi connectivity index (χ4v) is 4.58. The molecule has 0 aliphatic carbocycles. The van der Waals surface area contributed by atoms with Gasteiger partial charge in [0, 0.05) is 6.54 Å². The molecule has 0 heterocycles. The molecular formula is C25H54NO3P. The maximum Gasteiger partial charge on any atom is 0.400 e. The number of nitrogens with one attached hydrogen (secondary N) is 1. The van der Waals surface area contributed by atoms with Crippen LogP contribution in [-0.2, 0) is 4.57 Å². The van der Waals surface area contributed by atoms with Gasteiger partial charge in [0.25, 0.3) is 0 Å². The predicted octanol–water partition coefficient (Wildman–Crippen LogP) is 8.66. The highest BCUT2D eigenvalue weighted by Gasteiger charge is 2.09. The van der Waals surface area contributed by atoms with E-state index in [2.05, 4.69) is 12.0 Å². The summed E-state index contributed by atoms with van der Waals surface area (Å²) in [6, 6.07) is 0. The number of unbranched alkanes of at least 4 members (excludes halogenated alkanes) is 22. The van der Waals surface area contributed by atoms with Gasteiger partial charge >= 0.3 is 7.75 Å². The lowest BCUT2D eigenvalue weighted by Gasteiger charge is -2.06. The zero-order chi connectivity index (χ0) is 22.2. The van der Waals surface area contributed by atoms with Crippen molar-refractivity contribution in [3.8, 4) is 0 Å². The minimum absolute atomic E-state index is 0.420. The quantitative estimate of drug-likeness (QED) is 0.0967. The average Bonchev–Trinajstić information content (AvgIpc) is 2.70. The third kappa shape index (κ3) is 28.1. The zero-order valence-electron chi connectivity index (χ0n) is 20.2. The van der Waals surface area contributed by atoms with Crippen molar-refractivity contribution in [1.29, 1.82) is 0 Å². The number of rotatable bonds is 25. The third-order valence-corrected chi connectivity index (χ3v) is 6.73. The lowest BCUT2D eigenvalue weighted by atomic mass is 10.0. The molecule has 0 radical (unpaired) electrons. The Morgan fingerprint density at radius 3 is 0.933 bits per heavy atom. The van der Waals surface area contributed by atoms with Gasteiger partial charge in [-0.3, -0.25) is 0 Å². The van der Waals surface area contributed by atoms with E-state index in [1.807, 2.05) is 0 Å². The molecule has 0 bridgehead atoms. The van der Waals surface area contributed by atoms with Crippen LogP contribution in [0.25, 0.3) is 0 Å². The Morgan fingerprint density at radius 2 is 0.700 bits per heavy atom. The molecule has 0 unspecified atom stereocenters. The first-order chi connectivity index (χ1) is 14.6. The molecule has 182 valence electrons. The summed E-state index contributed by atoms with van der Waals surface area (Å²) in [4.78, 5) is 17.4. The Kier molecular flexibility index (Phi) is 23.9. The Hall–Kier alpha value is 0.110. The Bertz CT molecular complexity index is 373. The summed E-state index contributed by atoms with van der Waals surface area (Å²) in [6.45, 7) is 2.71. The van der Waals surface area contributed by atoms with Crippen LogP contribution < -0.4 is 5.09 Å². The lowest BCUT2D eigenvalue weighted by Crippen LogP contribution is -2.10. The molecule has 30 heavy (non-hydrogen) atoms. The minimum Gasteiger partial charge on any atom is -0.313 e. The van der Waals surface area contributed by atoms with Gasteiger partial charge in [0.1, 0.15) is 0 Å². The van der Waals surface area contributed by atoms with E-state index >= 15 is 0 Å². The highest BCUT2D eigenvalue weighted by molar-refractivity contribution is 7.49. The largest absolute Gasteiger partial charge is 0.400 e. The first-order valence-electron chi connectivity index (χ1n) is 13.4. The van der Waals surface area contributed by atoms with E-state index in [1.54, 1.807) is 0 Å². The molecule has 0 amide bonds. The van der Waals surface area contributed by atoms with Crippen molar-refractivity contribution >= 4 is 7.75 Å². The number of hydrogen-bond donors (Lipinski definition) is 3. The maximum absolute atomic E-state index is 10.6. The van der Waals surface area contributed by atoms with Gasteiger partial charge in [0.15, 0.2) is 0 Å². The van der Waals surface area contributed by atoms with E-state index in [9.17, 15) is 4.57 Å². The molecular weight excluding hydrogens is 393 g/mol. The normalized spacial score (nSPS) is 12.0. The SMILES string of the molecule is CCCCCCCCCCCCCCCCCCCCCCCCCNP(=O)(O)O. The minimum atomic E-state index is -4.01. The fourth-order valence-electron chi connectivity index (χ4n) is 4.14. The van der Waals surface area contributed by atoms with Crippen molar-refractivity contribution in [2.45, 2.75) is 155 Å². The molecule has 0 saturated carbocycles. The maximum atomic E-state index is 10.6. The molecule has 0 aliphatic rings. The van der Waals surface area contributed by atoms with Gasteiger partial charge in [-0.15, -0.1) is 0 Å². The smallest absolute Gasteiger partial charge is 0.313 e. The lowest BCUT2D eigenvalue weighted by molar-refractivity contribution is 0.356. The first-order valence-corrected chi connectivity index (χ1v) is 15.0. The molecule has 0 saturated heterocycles. The van der Waals surface area contributed by atoms with Crippen LogP contribution in [0.3, 0.4) is 0 Å². The topological polar surface area (TPSA) is 69.6 Å². The van der Waals surface area contributed by atoms with Gasteiger partial charge in [-0.2, -0.15) is 0 Å². The van der Waals surface area contributed by atoms with Crippen LogP contribution in [0.1, 0.15) is 155 Å². The summed E-state index contributed by atoms with van der Waals surface area (Å²) in [5.74, 6) is 0.